The number of nitrogens with one attached hydrogen (secondary N) is 1. The normalized spacial score (nSPS) is 24.8. The van der Waals surface area contributed by atoms with E-state index >= 15 is 0 Å². The van der Waals surface area contributed by atoms with Crippen molar-refractivity contribution in [2.45, 2.75) is 51.6 Å². The number of rotatable bonds is 2. The van der Waals surface area contributed by atoms with Crippen molar-refractivity contribution in [2.24, 2.45) is 5.92 Å². The van der Waals surface area contributed by atoms with Gasteiger partial charge in [0, 0.05) is 18.0 Å². The molecule has 1 heterocycles. The SMILES string of the molecule is CC1Cc2[nH]c(CCC(F)(F)F)nc2C(C)C1. The first-order valence-corrected chi connectivity index (χ1v) is 5.99. The topological polar surface area (TPSA) is 28.7 Å². The summed E-state index contributed by atoms with van der Waals surface area (Å²) in [5.74, 6) is 1.41. The third-order valence-electron chi connectivity index (χ3n) is 3.28. The Morgan fingerprint density at radius 2 is 2.06 bits per heavy atom. The summed E-state index contributed by atoms with van der Waals surface area (Å²) in [6, 6.07) is 0. The van der Waals surface area contributed by atoms with Crippen molar-refractivity contribution in [3.63, 3.8) is 0 Å². The highest BCUT2D eigenvalue weighted by molar-refractivity contribution is 5.22. The highest BCUT2D eigenvalue weighted by atomic mass is 19.4. The summed E-state index contributed by atoms with van der Waals surface area (Å²) < 4.78 is 36.4. The molecule has 0 amide bonds. The summed E-state index contributed by atoms with van der Waals surface area (Å²) in [4.78, 5) is 7.37. The lowest BCUT2D eigenvalue weighted by atomic mass is 9.84. The van der Waals surface area contributed by atoms with E-state index in [1.165, 1.54) is 0 Å². The van der Waals surface area contributed by atoms with Gasteiger partial charge in [-0.25, -0.2) is 4.98 Å². The number of aryl methyl sites for hydroxylation is 1. The Morgan fingerprint density at radius 1 is 1.35 bits per heavy atom. The summed E-state index contributed by atoms with van der Waals surface area (Å²) in [6.45, 7) is 4.25. The van der Waals surface area contributed by atoms with Crippen molar-refractivity contribution in [1.82, 2.24) is 9.97 Å². The number of imidazole rings is 1. The molecule has 0 fully saturated rings. The quantitative estimate of drug-likeness (QED) is 0.848. The highest BCUT2D eigenvalue weighted by Gasteiger charge is 2.29. The molecule has 2 unspecified atom stereocenters. The van der Waals surface area contributed by atoms with Gasteiger partial charge >= 0.3 is 6.18 Å². The summed E-state index contributed by atoms with van der Waals surface area (Å²) in [5.41, 5.74) is 2.01. The Labute approximate surface area is 98.6 Å². The predicted molar refractivity (Wildman–Crippen MR) is 58.9 cm³/mol. The van der Waals surface area contributed by atoms with Crippen LogP contribution in [0.3, 0.4) is 0 Å². The number of alkyl halides is 3. The third-order valence-corrected chi connectivity index (χ3v) is 3.28. The maximum absolute atomic E-state index is 12.1. The molecule has 96 valence electrons. The summed E-state index contributed by atoms with van der Waals surface area (Å²) in [7, 11) is 0. The van der Waals surface area contributed by atoms with E-state index in [1.54, 1.807) is 0 Å². The molecule has 2 atom stereocenters. The number of hydrogen-bond donors (Lipinski definition) is 1. The molecular weight excluding hydrogens is 229 g/mol. The van der Waals surface area contributed by atoms with Crippen molar-refractivity contribution in [3.8, 4) is 0 Å². The first-order valence-electron chi connectivity index (χ1n) is 5.99. The molecule has 2 nitrogen and oxygen atoms in total. The van der Waals surface area contributed by atoms with Gasteiger partial charge in [0.2, 0.25) is 0 Å². The first-order chi connectivity index (χ1) is 7.85. The first kappa shape index (κ1) is 12.5. The van der Waals surface area contributed by atoms with Gasteiger partial charge in [0.1, 0.15) is 5.82 Å². The van der Waals surface area contributed by atoms with Crippen LogP contribution in [-0.2, 0) is 12.8 Å². The molecule has 0 saturated carbocycles. The van der Waals surface area contributed by atoms with Crippen LogP contribution < -0.4 is 0 Å². The fourth-order valence-corrected chi connectivity index (χ4v) is 2.57. The van der Waals surface area contributed by atoms with Gasteiger partial charge in [-0.1, -0.05) is 13.8 Å². The number of halogens is 3. The average molecular weight is 246 g/mol. The van der Waals surface area contributed by atoms with Crippen molar-refractivity contribution in [2.75, 3.05) is 0 Å². The highest BCUT2D eigenvalue weighted by Crippen LogP contribution is 2.33. The molecule has 1 aromatic heterocycles. The number of aromatic amines is 1. The standard InChI is InChI=1S/C12H17F3N2/c1-7-5-8(2)11-9(6-7)16-10(17-11)3-4-12(13,14)15/h7-8H,3-6H2,1-2H3,(H,16,17). The Hall–Kier alpha value is -1.00. The number of H-pyrrole nitrogens is 1. The molecule has 0 aromatic carbocycles. The van der Waals surface area contributed by atoms with Crippen molar-refractivity contribution < 1.29 is 13.2 Å². The lowest BCUT2D eigenvalue weighted by Gasteiger charge is -2.22. The lowest BCUT2D eigenvalue weighted by molar-refractivity contribution is -0.134. The van der Waals surface area contributed by atoms with Crippen molar-refractivity contribution in [3.05, 3.63) is 17.2 Å². The minimum atomic E-state index is -4.10. The number of fused-ring (bicyclic) bond motifs is 1. The molecule has 1 aliphatic rings. The molecular formula is C12H17F3N2. The fourth-order valence-electron chi connectivity index (χ4n) is 2.57. The Morgan fingerprint density at radius 3 is 2.71 bits per heavy atom. The van der Waals surface area contributed by atoms with Gasteiger partial charge in [-0.15, -0.1) is 0 Å². The molecule has 0 radical (unpaired) electrons. The fraction of sp³-hybridized carbons (Fsp3) is 0.750. The molecule has 0 spiro atoms. The molecule has 2 rings (SSSR count). The second-order valence-corrected chi connectivity index (χ2v) is 5.11. The van der Waals surface area contributed by atoms with E-state index in [0.717, 1.165) is 24.2 Å². The maximum atomic E-state index is 12.1. The van der Waals surface area contributed by atoms with Gasteiger partial charge in [0.15, 0.2) is 0 Å². The number of aromatic nitrogens is 2. The van der Waals surface area contributed by atoms with Gasteiger partial charge in [-0.3, -0.25) is 0 Å². The zero-order chi connectivity index (χ0) is 12.6. The van der Waals surface area contributed by atoms with Crippen LogP contribution in [0.1, 0.15) is 49.8 Å². The van der Waals surface area contributed by atoms with Gasteiger partial charge in [0.05, 0.1) is 12.1 Å². The minimum Gasteiger partial charge on any atom is -0.346 e. The van der Waals surface area contributed by atoms with E-state index in [4.69, 9.17) is 0 Å². The van der Waals surface area contributed by atoms with E-state index in [9.17, 15) is 13.2 Å². The minimum absolute atomic E-state index is 0.0440. The molecule has 0 aliphatic heterocycles. The largest absolute Gasteiger partial charge is 0.389 e. The molecule has 1 aromatic rings. The molecule has 0 saturated heterocycles. The second kappa shape index (κ2) is 4.35. The Kier molecular flexibility index (Phi) is 3.19. The van der Waals surface area contributed by atoms with E-state index in [-0.39, 0.29) is 6.42 Å². The van der Waals surface area contributed by atoms with Crippen LogP contribution in [0.4, 0.5) is 13.2 Å². The Balaban J connectivity index is 2.09. The van der Waals surface area contributed by atoms with Gasteiger partial charge in [-0.2, -0.15) is 13.2 Å². The van der Waals surface area contributed by atoms with Crippen LogP contribution in [0.15, 0.2) is 0 Å². The monoisotopic (exact) mass is 246 g/mol. The van der Waals surface area contributed by atoms with Crippen LogP contribution in [0, 0.1) is 5.92 Å². The Bertz CT molecular complexity index is 395. The smallest absolute Gasteiger partial charge is 0.346 e. The summed E-state index contributed by atoms with van der Waals surface area (Å²) in [5, 5.41) is 0. The zero-order valence-electron chi connectivity index (χ0n) is 10.1. The molecule has 17 heavy (non-hydrogen) atoms. The van der Waals surface area contributed by atoms with Gasteiger partial charge in [0.25, 0.3) is 0 Å². The molecule has 5 heteroatoms. The van der Waals surface area contributed by atoms with E-state index in [2.05, 4.69) is 23.8 Å². The van der Waals surface area contributed by atoms with Gasteiger partial charge in [-0.05, 0) is 18.8 Å². The van der Waals surface area contributed by atoms with Crippen LogP contribution in [0.2, 0.25) is 0 Å². The molecule has 1 aliphatic carbocycles. The molecule has 1 N–H and O–H groups in total. The summed E-state index contributed by atoms with van der Waals surface area (Å²) in [6.07, 6.45) is -2.98. The van der Waals surface area contributed by atoms with Gasteiger partial charge < -0.3 is 4.98 Å². The lowest BCUT2D eigenvalue weighted by Crippen LogP contribution is -2.14. The average Bonchev–Trinajstić information content (AvgIpc) is 2.56. The number of nitrogens with zero attached hydrogens (tertiary/aromatic N) is 1. The predicted octanol–water partition coefficient (Wildman–Crippen LogP) is 3.59. The van der Waals surface area contributed by atoms with Crippen LogP contribution in [0.25, 0.3) is 0 Å². The van der Waals surface area contributed by atoms with Crippen molar-refractivity contribution in [1.29, 1.82) is 0 Å². The van der Waals surface area contributed by atoms with E-state index in [0.29, 0.717) is 17.7 Å². The van der Waals surface area contributed by atoms with Crippen LogP contribution >= 0.6 is 0 Å². The summed E-state index contributed by atoms with van der Waals surface area (Å²) >= 11 is 0. The third kappa shape index (κ3) is 3.01. The van der Waals surface area contributed by atoms with E-state index in [1.807, 2.05) is 0 Å². The van der Waals surface area contributed by atoms with Crippen molar-refractivity contribution >= 4 is 0 Å². The number of hydrogen-bond acceptors (Lipinski definition) is 1. The second-order valence-electron chi connectivity index (χ2n) is 5.11. The van der Waals surface area contributed by atoms with Crippen LogP contribution in [-0.4, -0.2) is 16.1 Å². The van der Waals surface area contributed by atoms with E-state index < -0.39 is 12.6 Å². The maximum Gasteiger partial charge on any atom is 0.389 e. The van der Waals surface area contributed by atoms with Crippen LogP contribution in [0.5, 0.6) is 0 Å². The zero-order valence-corrected chi connectivity index (χ0v) is 10.1. The molecule has 0 bridgehead atoms.